The van der Waals surface area contributed by atoms with Crippen LogP contribution in [0.3, 0.4) is 0 Å². The van der Waals surface area contributed by atoms with E-state index in [1.165, 1.54) is 0 Å². The molecule has 1 aliphatic rings. The van der Waals surface area contributed by atoms with E-state index in [-0.39, 0.29) is 0 Å². The smallest absolute Gasteiger partial charge is 0.161 e. The number of quaternary nitrogens is 1. The van der Waals surface area contributed by atoms with Gasteiger partial charge in [-0.05, 0) is 12.1 Å². The van der Waals surface area contributed by atoms with Crippen molar-refractivity contribution in [3.63, 3.8) is 0 Å². The van der Waals surface area contributed by atoms with Gasteiger partial charge >= 0.3 is 0 Å². The van der Waals surface area contributed by atoms with Crippen LogP contribution < -0.4 is 9.96 Å². The summed E-state index contributed by atoms with van der Waals surface area (Å²) in [5.41, 5.74) is 3.28. The highest BCUT2D eigenvalue weighted by molar-refractivity contribution is 5.88. The van der Waals surface area contributed by atoms with Gasteiger partial charge in [-0.15, -0.1) is 0 Å². The maximum Gasteiger partial charge on any atom is 0.161 e. The number of hydrogen-bond donors (Lipinski definition) is 1. The lowest BCUT2D eigenvalue weighted by molar-refractivity contribution is 0.614. The summed E-state index contributed by atoms with van der Waals surface area (Å²) in [6, 6.07) is 15.2. The van der Waals surface area contributed by atoms with Gasteiger partial charge in [0.15, 0.2) is 11.4 Å². The number of nitrogens with zero attached hydrogens (tertiary/aromatic N) is 1. The summed E-state index contributed by atoms with van der Waals surface area (Å²) >= 11 is 0. The van der Waals surface area contributed by atoms with Gasteiger partial charge in [0.2, 0.25) is 0 Å². The van der Waals surface area contributed by atoms with Gasteiger partial charge in [0.05, 0.1) is 7.05 Å². The fourth-order valence-electron chi connectivity index (χ4n) is 2.18. The molecule has 2 aromatic rings. The van der Waals surface area contributed by atoms with E-state index in [0.717, 1.165) is 22.7 Å². The highest BCUT2D eigenvalue weighted by Crippen LogP contribution is 2.46. The van der Waals surface area contributed by atoms with Crippen LogP contribution in [0.15, 0.2) is 48.5 Å². The number of rotatable bonds is 0. The molecule has 1 heterocycles. The lowest BCUT2D eigenvalue weighted by Gasteiger charge is -2.42. The van der Waals surface area contributed by atoms with E-state index >= 15 is 0 Å². The molecule has 16 heavy (non-hydrogen) atoms. The molecule has 3 heteroatoms. The van der Waals surface area contributed by atoms with Crippen molar-refractivity contribution >= 4 is 22.7 Å². The van der Waals surface area contributed by atoms with Crippen LogP contribution in [0.1, 0.15) is 0 Å². The van der Waals surface area contributed by atoms with E-state index in [1.54, 1.807) is 7.05 Å². The lowest BCUT2D eigenvalue weighted by Crippen LogP contribution is -2.35. The van der Waals surface area contributed by atoms with Gasteiger partial charge in [-0.1, -0.05) is 24.3 Å². The Labute approximate surface area is 94.1 Å². The predicted octanol–water partition coefficient (Wildman–Crippen LogP) is 3.51. The van der Waals surface area contributed by atoms with Crippen LogP contribution in [0.2, 0.25) is 0 Å². The van der Waals surface area contributed by atoms with Crippen LogP contribution in [-0.2, 0) is 0 Å². The van der Waals surface area contributed by atoms with Crippen molar-refractivity contribution in [2.45, 2.75) is 0 Å². The summed E-state index contributed by atoms with van der Waals surface area (Å²) in [7, 11) is 1.67. The molecule has 0 amide bonds. The molecular formula is C13H12N2O. The molecule has 0 saturated heterocycles. The quantitative estimate of drug-likeness (QED) is 0.535. The molecule has 0 unspecified atom stereocenters. The van der Waals surface area contributed by atoms with E-state index in [4.69, 9.17) is 0 Å². The topological polar surface area (TPSA) is 35.1 Å². The Morgan fingerprint density at radius 2 is 1.31 bits per heavy atom. The van der Waals surface area contributed by atoms with Crippen molar-refractivity contribution in [1.82, 2.24) is 4.65 Å². The van der Waals surface area contributed by atoms with Crippen molar-refractivity contribution in [3.05, 3.63) is 53.7 Å². The van der Waals surface area contributed by atoms with Crippen molar-refractivity contribution in [1.29, 1.82) is 0 Å². The van der Waals surface area contributed by atoms with Crippen LogP contribution in [0.25, 0.3) is 0 Å². The van der Waals surface area contributed by atoms with Gasteiger partial charge in [0, 0.05) is 12.1 Å². The minimum atomic E-state index is -0.459. The molecule has 0 saturated carbocycles. The van der Waals surface area contributed by atoms with Gasteiger partial charge in [-0.25, -0.2) is 0 Å². The minimum Gasteiger partial charge on any atom is -0.622 e. The fourth-order valence-corrected chi connectivity index (χ4v) is 2.18. The van der Waals surface area contributed by atoms with E-state index < -0.39 is 4.65 Å². The molecule has 0 aromatic heterocycles. The summed E-state index contributed by atoms with van der Waals surface area (Å²) in [5, 5.41) is 15.9. The molecule has 80 valence electrons. The standard InChI is InChI=1S/C13H12N2O/c1-15(16)12-8-4-2-6-10(12)14-11-7-3-5-9-13(11)15/h2-9,14H,1H3. The SMILES string of the molecule is C[N+]1([O-])c2ccccc2Nc2ccccc21. The van der Waals surface area contributed by atoms with Crippen molar-refractivity contribution in [2.75, 3.05) is 12.4 Å². The van der Waals surface area contributed by atoms with Crippen molar-refractivity contribution in [3.8, 4) is 0 Å². The molecule has 0 spiro atoms. The van der Waals surface area contributed by atoms with E-state index in [9.17, 15) is 5.21 Å². The Morgan fingerprint density at radius 3 is 1.81 bits per heavy atom. The average Bonchev–Trinajstić information content (AvgIpc) is 2.29. The zero-order valence-electron chi connectivity index (χ0n) is 8.97. The van der Waals surface area contributed by atoms with Crippen molar-refractivity contribution in [2.24, 2.45) is 0 Å². The first kappa shape index (κ1) is 9.39. The third-order valence-corrected chi connectivity index (χ3v) is 3.00. The third kappa shape index (κ3) is 1.16. The molecule has 3 nitrogen and oxygen atoms in total. The van der Waals surface area contributed by atoms with E-state index in [2.05, 4.69) is 5.32 Å². The number of hydrogen-bond acceptors (Lipinski definition) is 2. The summed E-state index contributed by atoms with van der Waals surface area (Å²) in [4.78, 5) is 0. The normalized spacial score (nSPS) is 15.9. The molecule has 1 aliphatic heterocycles. The number of nitrogens with one attached hydrogen (secondary N) is 1. The van der Waals surface area contributed by atoms with Gasteiger partial charge in [-0.3, -0.25) is 4.65 Å². The molecule has 3 rings (SSSR count). The average molecular weight is 212 g/mol. The number of hydroxylamine groups is 1. The van der Waals surface area contributed by atoms with Gasteiger partial charge in [0.25, 0.3) is 0 Å². The van der Waals surface area contributed by atoms with Crippen molar-refractivity contribution < 1.29 is 0 Å². The first-order valence-corrected chi connectivity index (χ1v) is 5.23. The fraction of sp³-hybridized carbons (Fsp3) is 0.0769. The Hall–Kier alpha value is -1.84. The predicted molar refractivity (Wildman–Crippen MR) is 66.9 cm³/mol. The maximum atomic E-state index is 12.7. The summed E-state index contributed by atoms with van der Waals surface area (Å²) in [5.74, 6) is 0. The first-order chi connectivity index (χ1) is 7.69. The van der Waals surface area contributed by atoms with E-state index in [0.29, 0.717) is 0 Å². The summed E-state index contributed by atoms with van der Waals surface area (Å²) in [6.45, 7) is 0. The summed E-state index contributed by atoms with van der Waals surface area (Å²) < 4.78 is -0.459. The number of fused-ring (bicyclic) bond motifs is 2. The zero-order valence-corrected chi connectivity index (χ0v) is 8.97. The van der Waals surface area contributed by atoms with Gasteiger partial charge in [0.1, 0.15) is 11.4 Å². The maximum absolute atomic E-state index is 12.7. The second-order valence-corrected chi connectivity index (χ2v) is 4.08. The Kier molecular flexibility index (Phi) is 1.80. The first-order valence-electron chi connectivity index (χ1n) is 5.23. The molecule has 0 fully saturated rings. The molecular weight excluding hydrogens is 200 g/mol. The monoisotopic (exact) mass is 212 g/mol. The highest BCUT2D eigenvalue weighted by Gasteiger charge is 2.29. The van der Waals surface area contributed by atoms with Crippen LogP contribution in [0.5, 0.6) is 0 Å². The molecule has 0 aliphatic carbocycles. The van der Waals surface area contributed by atoms with Crippen LogP contribution in [-0.4, -0.2) is 7.05 Å². The third-order valence-electron chi connectivity index (χ3n) is 3.00. The zero-order chi connectivity index (χ0) is 11.2. The highest BCUT2D eigenvalue weighted by atomic mass is 16.5. The molecule has 0 atom stereocenters. The molecule has 1 N–H and O–H groups in total. The Bertz CT molecular complexity index is 502. The van der Waals surface area contributed by atoms with E-state index in [1.807, 2.05) is 48.5 Å². The lowest BCUT2D eigenvalue weighted by atomic mass is 10.1. The molecule has 2 aromatic carbocycles. The second-order valence-electron chi connectivity index (χ2n) is 4.08. The Morgan fingerprint density at radius 1 is 0.875 bits per heavy atom. The van der Waals surface area contributed by atoms with Gasteiger partial charge in [-0.2, -0.15) is 0 Å². The number of para-hydroxylation sites is 4. The number of anilines is 2. The largest absolute Gasteiger partial charge is 0.622 e. The molecule has 0 bridgehead atoms. The second kappa shape index (κ2) is 3.07. The van der Waals surface area contributed by atoms with Crippen LogP contribution in [0.4, 0.5) is 22.7 Å². The van der Waals surface area contributed by atoms with Gasteiger partial charge < -0.3 is 10.5 Å². The number of benzene rings is 2. The van der Waals surface area contributed by atoms with Crippen LogP contribution >= 0.6 is 0 Å². The summed E-state index contributed by atoms with van der Waals surface area (Å²) in [6.07, 6.45) is 0. The van der Waals surface area contributed by atoms with Crippen LogP contribution in [0, 0.1) is 5.21 Å². The Balaban J connectivity index is 2.28. The minimum absolute atomic E-state index is 0.459. The molecule has 0 radical (unpaired) electrons.